The molecule has 0 N–H and O–H groups in total. The van der Waals surface area contributed by atoms with E-state index in [0.29, 0.717) is 17.7 Å². The molecule has 0 spiro atoms. The van der Waals surface area contributed by atoms with Gasteiger partial charge >= 0.3 is 0 Å². The highest BCUT2D eigenvalue weighted by Gasteiger charge is 2.41. The van der Waals surface area contributed by atoms with Gasteiger partial charge in [-0.2, -0.15) is 0 Å². The van der Waals surface area contributed by atoms with Crippen LogP contribution in [0.1, 0.15) is 33.2 Å². The molecule has 5 nitrogen and oxygen atoms in total. The third kappa shape index (κ3) is 2.69. The highest BCUT2D eigenvalue weighted by atomic mass is 16.2. The summed E-state index contributed by atoms with van der Waals surface area (Å²) in [4.78, 5) is 40.2. The normalized spacial score (nSPS) is 14.5. The molecule has 3 amide bonds. The number of amides is 3. The molecule has 0 aliphatic carbocycles. The minimum Gasteiger partial charge on any atom is -0.340 e. The van der Waals surface area contributed by atoms with Crippen LogP contribution in [0.25, 0.3) is 0 Å². The Labute approximate surface area is 140 Å². The molecule has 5 heteroatoms. The van der Waals surface area contributed by atoms with Gasteiger partial charge in [-0.15, -0.1) is 0 Å². The van der Waals surface area contributed by atoms with Crippen molar-refractivity contribution >= 4 is 17.7 Å². The lowest BCUT2D eigenvalue weighted by atomic mass is 10.1. The molecule has 2 aromatic rings. The Bertz CT molecular complexity index is 766. The quantitative estimate of drug-likeness (QED) is 0.812. The number of rotatable bonds is 4. The second-order valence-electron chi connectivity index (χ2n) is 5.88. The lowest BCUT2D eigenvalue weighted by Crippen LogP contribution is -2.48. The van der Waals surface area contributed by atoms with Crippen LogP contribution in [0.2, 0.25) is 0 Å². The molecule has 3 rings (SSSR count). The number of carbonyl (C=O) groups excluding carboxylic acids is 3. The summed E-state index contributed by atoms with van der Waals surface area (Å²) in [6.45, 7) is 2.01. The van der Waals surface area contributed by atoms with Gasteiger partial charge in [0.15, 0.2) is 0 Å². The maximum absolute atomic E-state index is 12.7. The molecule has 0 saturated heterocycles. The average molecular weight is 322 g/mol. The monoisotopic (exact) mass is 322 g/mol. The third-order valence-electron chi connectivity index (χ3n) is 4.21. The van der Waals surface area contributed by atoms with Gasteiger partial charge in [0.05, 0.1) is 11.1 Å². The zero-order valence-corrected chi connectivity index (χ0v) is 13.6. The zero-order valence-electron chi connectivity index (χ0n) is 13.6. The van der Waals surface area contributed by atoms with Gasteiger partial charge in [-0.05, 0) is 24.6 Å². The number of benzene rings is 2. The maximum Gasteiger partial charge on any atom is 0.262 e. The molecule has 2 aromatic carbocycles. The van der Waals surface area contributed by atoms with Crippen LogP contribution < -0.4 is 0 Å². The molecule has 122 valence electrons. The predicted octanol–water partition coefficient (Wildman–Crippen LogP) is 2.33. The molecule has 24 heavy (non-hydrogen) atoms. The molecule has 1 atom stereocenters. The molecular formula is C19H18N2O3. The van der Waals surface area contributed by atoms with E-state index in [2.05, 4.69) is 0 Å². The van der Waals surface area contributed by atoms with E-state index in [4.69, 9.17) is 0 Å². The van der Waals surface area contributed by atoms with Crippen molar-refractivity contribution in [3.63, 3.8) is 0 Å². The minimum absolute atomic E-state index is 0.270. The topological polar surface area (TPSA) is 57.7 Å². The number of likely N-dealkylation sites (N-methyl/N-ethyl adjacent to an activating group) is 1. The lowest BCUT2D eigenvalue weighted by molar-refractivity contribution is -0.134. The fraction of sp³-hybridized carbons (Fsp3) is 0.211. The zero-order chi connectivity index (χ0) is 17.3. The number of carbonyl (C=O) groups is 3. The van der Waals surface area contributed by atoms with Crippen LogP contribution >= 0.6 is 0 Å². The van der Waals surface area contributed by atoms with E-state index < -0.39 is 17.9 Å². The van der Waals surface area contributed by atoms with E-state index >= 15 is 0 Å². The van der Waals surface area contributed by atoms with Gasteiger partial charge in [0.25, 0.3) is 11.8 Å². The Morgan fingerprint density at radius 2 is 1.46 bits per heavy atom. The first-order chi connectivity index (χ1) is 11.5. The van der Waals surface area contributed by atoms with Gasteiger partial charge in [0.1, 0.15) is 6.04 Å². The molecular weight excluding hydrogens is 304 g/mol. The Kier molecular flexibility index (Phi) is 4.16. The van der Waals surface area contributed by atoms with Crippen molar-refractivity contribution in [2.75, 3.05) is 7.05 Å². The predicted molar refractivity (Wildman–Crippen MR) is 89.3 cm³/mol. The number of hydrogen-bond acceptors (Lipinski definition) is 3. The molecule has 0 radical (unpaired) electrons. The summed E-state index contributed by atoms with van der Waals surface area (Å²) in [5.41, 5.74) is 1.70. The third-order valence-corrected chi connectivity index (χ3v) is 4.21. The van der Waals surface area contributed by atoms with Crippen molar-refractivity contribution in [3.05, 3.63) is 71.3 Å². The second kappa shape index (κ2) is 6.28. The summed E-state index contributed by atoms with van der Waals surface area (Å²) in [6.07, 6.45) is 0. The molecule has 1 aliphatic heterocycles. The number of nitrogens with zero attached hydrogens (tertiary/aromatic N) is 2. The van der Waals surface area contributed by atoms with Gasteiger partial charge in [0, 0.05) is 13.6 Å². The molecule has 0 saturated carbocycles. The fourth-order valence-electron chi connectivity index (χ4n) is 2.92. The van der Waals surface area contributed by atoms with E-state index in [1.165, 1.54) is 4.90 Å². The van der Waals surface area contributed by atoms with E-state index in [-0.39, 0.29) is 5.91 Å². The van der Waals surface area contributed by atoms with Crippen LogP contribution in [-0.2, 0) is 11.3 Å². The van der Waals surface area contributed by atoms with Crippen molar-refractivity contribution in [2.45, 2.75) is 19.5 Å². The minimum atomic E-state index is -0.842. The van der Waals surface area contributed by atoms with Gasteiger partial charge in [-0.3, -0.25) is 19.3 Å². The average Bonchev–Trinajstić information content (AvgIpc) is 2.86. The lowest BCUT2D eigenvalue weighted by Gasteiger charge is -2.26. The number of imide groups is 1. The van der Waals surface area contributed by atoms with Crippen LogP contribution in [0.15, 0.2) is 54.6 Å². The Morgan fingerprint density at radius 1 is 0.958 bits per heavy atom. The van der Waals surface area contributed by atoms with Gasteiger partial charge in [-0.25, -0.2) is 0 Å². The van der Waals surface area contributed by atoms with Gasteiger partial charge in [-0.1, -0.05) is 42.5 Å². The maximum atomic E-state index is 12.7. The van der Waals surface area contributed by atoms with Crippen LogP contribution in [0.3, 0.4) is 0 Å². The molecule has 1 heterocycles. The van der Waals surface area contributed by atoms with Crippen molar-refractivity contribution in [3.8, 4) is 0 Å². The summed E-state index contributed by atoms with van der Waals surface area (Å²) < 4.78 is 0. The highest BCUT2D eigenvalue weighted by Crippen LogP contribution is 2.25. The van der Waals surface area contributed by atoms with Gasteiger partial charge < -0.3 is 4.90 Å². The number of fused-ring (bicyclic) bond motifs is 1. The molecule has 0 unspecified atom stereocenters. The van der Waals surface area contributed by atoms with E-state index in [0.717, 1.165) is 10.5 Å². The highest BCUT2D eigenvalue weighted by molar-refractivity contribution is 6.22. The Hall–Kier alpha value is -2.95. The summed E-state index contributed by atoms with van der Waals surface area (Å²) >= 11 is 0. The summed E-state index contributed by atoms with van der Waals surface area (Å²) in [7, 11) is 1.67. The van der Waals surface area contributed by atoms with E-state index in [1.54, 1.807) is 38.2 Å². The largest absolute Gasteiger partial charge is 0.340 e. The van der Waals surface area contributed by atoms with Crippen LogP contribution in [-0.4, -0.2) is 40.6 Å². The Morgan fingerprint density at radius 3 is 2.00 bits per heavy atom. The summed E-state index contributed by atoms with van der Waals surface area (Å²) in [5.74, 6) is -1.09. The Balaban J connectivity index is 1.77. The molecule has 0 aromatic heterocycles. The van der Waals surface area contributed by atoms with Crippen LogP contribution in [0, 0.1) is 0 Å². The standard InChI is InChI=1S/C19H18N2O3/c1-13(17(22)20(2)12-14-8-4-3-5-9-14)21-18(23)15-10-6-7-11-16(15)19(21)24/h3-11,13H,12H2,1-2H3/t13-/m1/s1. The molecule has 1 aliphatic rings. The van der Waals surface area contributed by atoms with Gasteiger partial charge in [0.2, 0.25) is 5.91 Å². The fourth-order valence-corrected chi connectivity index (χ4v) is 2.92. The SMILES string of the molecule is C[C@H](C(=O)N(C)Cc1ccccc1)N1C(=O)c2ccccc2C1=O. The van der Waals surface area contributed by atoms with Crippen molar-refractivity contribution in [1.82, 2.24) is 9.80 Å². The van der Waals surface area contributed by atoms with E-state index in [1.807, 2.05) is 30.3 Å². The van der Waals surface area contributed by atoms with Crippen molar-refractivity contribution < 1.29 is 14.4 Å². The summed E-state index contributed by atoms with van der Waals surface area (Å²) in [5, 5.41) is 0. The van der Waals surface area contributed by atoms with E-state index in [9.17, 15) is 14.4 Å². The summed E-state index contributed by atoms with van der Waals surface area (Å²) in [6, 6.07) is 15.4. The van der Waals surface area contributed by atoms with Crippen molar-refractivity contribution in [1.29, 1.82) is 0 Å². The van der Waals surface area contributed by atoms with Crippen molar-refractivity contribution in [2.24, 2.45) is 0 Å². The molecule has 0 bridgehead atoms. The second-order valence-corrected chi connectivity index (χ2v) is 5.88. The smallest absolute Gasteiger partial charge is 0.262 e. The van der Waals surface area contributed by atoms with Crippen LogP contribution in [0.4, 0.5) is 0 Å². The van der Waals surface area contributed by atoms with Crippen LogP contribution in [0.5, 0.6) is 0 Å². The first-order valence-electron chi connectivity index (χ1n) is 7.76. The first-order valence-corrected chi connectivity index (χ1v) is 7.76. The first kappa shape index (κ1) is 15.9. The number of hydrogen-bond donors (Lipinski definition) is 0. The molecule has 0 fully saturated rings.